The van der Waals surface area contributed by atoms with Crippen molar-refractivity contribution in [1.82, 2.24) is 4.90 Å². The van der Waals surface area contributed by atoms with Crippen molar-refractivity contribution in [2.45, 2.75) is 39.2 Å². The van der Waals surface area contributed by atoms with Gasteiger partial charge >= 0.3 is 0 Å². The van der Waals surface area contributed by atoms with Crippen LogP contribution >= 0.6 is 15.9 Å². The van der Waals surface area contributed by atoms with E-state index in [0.717, 1.165) is 5.92 Å². The lowest BCUT2D eigenvalue weighted by molar-refractivity contribution is 0.132. The number of benzene rings is 1. The zero-order valence-corrected chi connectivity index (χ0v) is 12.4. The summed E-state index contributed by atoms with van der Waals surface area (Å²) >= 11 is 3.58. The molecule has 0 aliphatic carbocycles. The molecular formula is C15H22BrN. The van der Waals surface area contributed by atoms with Crippen LogP contribution in [0, 0.1) is 5.92 Å². The van der Waals surface area contributed by atoms with Gasteiger partial charge in [0.05, 0.1) is 0 Å². The second-order valence-corrected chi connectivity index (χ2v) is 6.37. The van der Waals surface area contributed by atoms with Crippen molar-refractivity contribution < 1.29 is 0 Å². The Morgan fingerprint density at radius 1 is 1.35 bits per heavy atom. The maximum absolute atomic E-state index is 3.58. The highest BCUT2D eigenvalue weighted by Crippen LogP contribution is 2.32. The molecule has 1 aliphatic heterocycles. The third kappa shape index (κ3) is 3.56. The van der Waals surface area contributed by atoms with Crippen LogP contribution in [-0.2, 0) is 0 Å². The molecule has 0 spiro atoms. The lowest BCUT2D eigenvalue weighted by Crippen LogP contribution is -2.36. The van der Waals surface area contributed by atoms with Crippen molar-refractivity contribution in [3.05, 3.63) is 34.3 Å². The minimum Gasteiger partial charge on any atom is -0.296 e. The third-order valence-corrected chi connectivity index (χ3v) is 3.94. The first-order chi connectivity index (χ1) is 8.16. The second-order valence-electron chi connectivity index (χ2n) is 5.46. The summed E-state index contributed by atoms with van der Waals surface area (Å²) in [6, 6.07) is 9.45. The molecule has 2 heteroatoms. The van der Waals surface area contributed by atoms with Gasteiger partial charge in [0.15, 0.2) is 0 Å². The van der Waals surface area contributed by atoms with Gasteiger partial charge in [-0.3, -0.25) is 4.90 Å². The predicted octanol–water partition coefficient (Wildman–Crippen LogP) is 4.63. The Balaban J connectivity index is 2.15. The predicted molar refractivity (Wildman–Crippen MR) is 77.1 cm³/mol. The largest absolute Gasteiger partial charge is 0.296 e. The third-order valence-electron chi connectivity index (χ3n) is 3.45. The molecule has 1 aromatic carbocycles. The van der Waals surface area contributed by atoms with E-state index in [9.17, 15) is 0 Å². The first kappa shape index (κ1) is 13.1. The van der Waals surface area contributed by atoms with Crippen LogP contribution in [-0.4, -0.2) is 18.0 Å². The second kappa shape index (κ2) is 6.01. The number of hydrogen-bond donors (Lipinski definition) is 0. The van der Waals surface area contributed by atoms with Crippen LogP contribution in [0.4, 0.5) is 0 Å². The number of rotatable bonds is 3. The van der Waals surface area contributed by atoms with Crippen molar-refractivity contribution >= 4 is 15.9 Å². The SMILES string of the molecule is CC(C)CN1CCCCC1c1cccc(Br)c1. The summed E-state index contributed by atoms with van der Waals surface area (Å²) in [5.74, 6) is 0.753. The molecule has 1 heterocycles. The summed E-state index contributed by atoms with van der Waals surface area (Å²) in [7, 11) is 0. The lowest BCUT2D eigenvalue weighted by Gasteiger charge is -2.37. The summed E-state index contributed by atoms with van der Waals surface area (Å²) in [4.78, 5) is 2.66. The highest BCUT2D eigenvalue weighted by atomic mass is 79.9. The summed E-state index contributed by atoms with van der Waals surface area (Å²) in [5.41, 5.74) is 1.47. The van der Waals surface area contributed by atoms with Crippen molar-refractivity contribution in [3.63, 3.8) is 0 Å². The molecule has 1 saturated heterocycles. The van der Waals surface area contributed by atoms with E-state index in [1.807, 2.05) is 0 Å². The lowest BCUT2D eigenvalue weighted by atomic mass is 9.94. The van der Waals surface area contributed by atoms with Gasteiger partial charge in [-0.25, -0.2) is 0 Å². The van der Waals surface area contributed by atoms with Gasteiger partial charge in [-0.2, -0.15) is 0 Å². The van der Waals surface area contributed by atoms with E-state index in [4.69, 9.17) is 0 Å². The smallest absolute Gasteiger partial charge is 0.0348 e. The van der Waals surface area contributed by atoms with E-state index in [-0.39, 0.29) is 0 Å². The molecule has 1 fully saturated rings. The quantitative estimate of drug-likeness (QED) is 0.786. The van der Waals surface area contributed by atoms with Crippen LogP contribution in [0.3, 0.4) is 0 Å². The van der Waals surface area contributed by atoms with Crippen LogP contribution in [0.25, 0.3) is 0 Å². The van der Waals surface area contributed by atoms with E-state index in [2.05, 4.69) is 58.9 Å². The summed E-state index contributed by atoms with van der Waals surface area (Å²) in [5, 5.41) is 0. The Labute approximate surface area is 113 Å². The standard InChI is InChI=1S/C15H22BrN/c1-12(2)11-17-9-4-3-8-15(17)13-6-5-7-14(16)10-13/h5-7,10,12,15H,3-4,8-9,11H2,1-2H3. The zero-order chi connectivity index (χ0) is 12.3. The van der Waals surface area contributed by atoms with Gasteiger partial charge in [0.1, 0.15) is 0 Å². The zero-order valence-electron chi connectivity index (χ0n) is 10.8. The number of nitrogens with zero attached hydrogens (tertiary/aromatic N) is 1. The molecule has 17 heavy (non-hydrogen) atoms. The molecular weight excluding hydrogens is 274 g/mol. The Kier molecular flexibility index (Phi) is 4.63. The van der Waals surface area contributed by atoms with Crippen molar-refractivity contribution in [2.75, 3.05) is 13.1 Å². The van der Waals surface area contributed by atoms with E-state index in [1.165, 1.54) is 42.4 Å². The number of halogens is 1. The van der Waals surface area contributed by atoms with Crippen molar-refractivity contribution in [3.8, 4) is 0 Å². The van der Waals surface area contributed by atoms with E-state index < -0.39 is 0 Å². The minimum absolute atomic E-state index is 0.628. The Hall–Kier alpha value is -0.340. The van der Waals surface area contributed by atoms with Crippen LogP contribution in [0.15, 0.2) is 28.7 Å². The molecule has 1 aliphatic rings. The van der Waals surface area contributed by atoms with Gasteiger partial charge in [-0.05, 0) is 43.0 Å². The van der Waals surface area contributed by atoms with Gasteiger partial charge < -0.3 is 0 Å². The van der Waals surface area contributed by atoms with Gasteiger partial charge in [-0.1, -0.05) is 48.3 Å². The topological polar surface area (TPSA) is 3.24 Å². The monoisotopic (exact) mass is 295 g/mol. The first-order valence-corrected chi connectivity index (χ1v) is 7.45. The average molecular weight is 296 g/mol. The highest BCUT2D eigenvalue weighted by Gasteiger charge is 2.24. The Bertz CT molecular complexity index is 362. The molecule has 1 unspecified atom stereocenters. The fourth-order valence-corrected chi connectivity index (χ4v) is 3.19. The summed E-state index contributed by atoms with van der Waals surface area (Å²) in [6.07, 6.45) is 4.03. The van der Waals surface area contributed by atoms with Gasteiger partial charge in [0, 0.05) is 17.1 Å². The van der Waals surface area contributed by atoms with Gasteiger partial charge in [0.25, 0.3) is 0 Å². The van der Waals surface area contributed by atoms with Gasteiger partial charge in [0.2, 0.25) is 0 Å². The molecule has 0 radical (unpaired) electrons. The van der Waals surface area contributed by atoms with E-state index in [0.29, 0.717) is 6.04 Å². The van der Waals surface area contributed by atoms with Crippen molar-refractivity contribution in [2.24, 2.45) is 5.92 Å². The first-order valence-electron chi connectivity index (χ1n) is 6.66. The molecule has 0 aromatic heterocycles. The van der Waals surface area contributed by atoms with Crippen LogP contribution in [0.1, 0.15) is 44.7 Å². The van der Waals surface area contributed by atoms with Crippen LogP contribution in [0.2, 0.25) is 0 Å². The molecule has 94 valence electrons. The maximum Gasteiger partial charge on any atom is 0.0348 e. The molecule has 1 atom stereocenters. The molecule has 0 bridgehead atoms. The molecule has 0 saturated carbocycles. The van der Waals surface area contributed by atoms with Gasteiger partial charge in [-0.15, -0.1) is 0 Å². The average Bonchev–Trinajstić information content (AvgIpc) is 2.29. The van der Waals surface area contributed by atoms with Crippen molar-refractivity contribution in [1.29, 1.82) is 0 Å². The van der Waals surface area contributed by atoms with Crippen LogP contribution in [0.5, 0.6) is 0 Å². The fourth-order valence-electron chi connectivity index (χ4n) is 2.77. The fraction of sp³-hybridized carbons (Fsp3) is 0.600. The summed E-state index contributed by atoms with van der Waals surface area (Å²) < 4.78 is 1.20. The summed E-state index contributed by atoms with van der Waals surface area (Å²) in [6.45, 7) is 7.10. The highest BCUT2D eigenvalue weighted by molar-refractivity contribution is 9.10. The van der Waals surface area contributed by atoms with E-state index in [1.54, 1.807) is 0 Å². The molecule has 2 rings (SSSR count). The number of hydrogen-bond acceptors (Lipinski definition) is 1. The number of piperidine rings is 1. The molecule has 0 N–H and O–H groups in total. The maximum atomic E-state index is 3.58. The molecule has 0 amide bonds. The van der Waals surface area contributed by atoms with Crippen LogP contribution < -0.4 is 0 Å². The minimum atomic E-state index is 0.628. The van der Waals surface area contributed by atoms with E-state index >= 15 is 0 Å². The Morgan fingerprint density at radius 2 is 2.18 bits per heavy atom. The molecule has 1 nitrogen and oxygen atoms in total. The Morgan fingerprint density at radius 3 is 2.88 bits per heavy atom. The normalized spacial score (nSPS) is 22.0. The molecule has 1 aromatic rings. The number of likely N-dealkylation sites (tertiary alicyclic amines) is 1.